The van der Waals surface area contributed by atoms with Crippen LogP contribution in [0.4, 0.5) is 0 Å². The molecule has 2 aromatic rings. The van der Waals surface area contributed by atoms with Crippen LogP contribution in [-0.4, -0.2) is 57.9 Å². The van der Waals surface area contributed by atoms with Gasteiger partial charge < -0.3 is 14.6 Å². The van der Waals surface area contributed by atoms with Crippen molar-refractivity contribution < 1.29 is 9.53 Å². The molecule has 1 N–H and O–H groups in total. The molecule has 3 aliphatic heterocycles. The number of hydrogen-bond acceptors (Lipinski definition) is 5. The van der Waals surface area contributed by atoms with E-state index in [0.717, 1.165) is 75.6 Å². The van der Waals surface area contributed by atoms with Crippen LogP contribution in [-0.2, 0) is 24.2 Å². The van der Waals surface area contributed by atoms with Crippen molar-refractivity contribution in [2.75, 3.05) is 26.3 Å². The number of nitrogens with zero attached hydrogens (tertiary/aromatic N) is 4. The largest absolute Gasteiger partial charge is 0.381 e. The summed E-state index contributed by atoms with van der Waals surface area (Å²) < 4.78 is 7.81. The van der Waals surface area contributed by atoms with Crippen molar-refractivity contribution in [3.05, 3.63) is 47.0 Å². The van der Waals surface area contributed by atoms with Gasteiger partial charge in [0.05, 0.1) is 0 Å². The van der Waals surface area contributed by atoms with Crippen LogP contribution < -0.4 is 5.32 Å². The average molecular weight is 438 g/mol. The molecule has 4 heterocycles. The minimum absolute atomic E-state index is 0.0295. The van der Waals surface area contributed by atoms with Crippen LogP contribution in [0.1, 0.15) is 78.4 Å². The van der Waals surface area contributed by atoms with E-state index >= 15 is 0 Å². The summed E-state index contributed by atoms with van der Waals surface area (Å²) in [7, 11) is 0. The molecule has 1 unspecified atom stereocenters. The van der Waals surface area contributed by atoms with E-state index in [4.69, 9.17) is 4.74 Å². The van der Waals surface area contributed by atoms with Crippen LogP contribution in [0.5, 0.6) is 0 Å². The number of benzene rings is 1. The first-order valence-electron chi connectivity index (χ1n) is 12.4. The number of aryl methyl sites for hydroxylation is 1. The summed E-state index contributed by atoms with van der Waals surface area (Å²) in [6.07, 6.45) is 8.67. The normalized spacial score (nSPS) is 22.8. The first-order valence-corrected chi connectivity index (χ1v) is 12.4. The third-order valence-electron chi connectivity index (χ3n) is 7.27. The summed E-state index contributed by atoms with van der Waals surface area (Å²) in [5.74, 6) is 2.64. The van der Waals surface area contributed by atoms with Gasteiger partial charge in [0.15, 0.2) is 0 Å². The van der Waals surface area contributed by atoms with Crippen LogP contribution in [0.15, 0.2) is 24.3 Å². The molecule has 1 atom stereocenters. The summed E-state index contributed by atoms with van der Waals surface area (Å²) in [6.45, 7) is 5.85. The lowest BCUT2D eigenvalue weighted by Gasteiger charge is -2.26. The molecule has 0 saturated carbocycles. The van der Waals surface area contributed by atoms with Gasteiger partial charge in [-0.1, -0.05) is 18.6 Å². The highest BCUT2D eigenvalue weighted by atomic mass is 16.5. The molecule has 0 spiro atoms. The Balaban J connectivity index is 1.16. The number of likely N-dealkylation sites (tertiary alicyclic amines) is 1. The molecule has 1 aromatic heterocycles. The van der Waals surface area contributed by atoms with Gasteiger partial charge in [0.1, 0.15) is 11.6 Å². The van der Waals surface area contributed by atoms with Crippen molar-refractivity contribution >= 4 is 5.91 Å². The van der Waals surface area contributed by atoms with Gasteiger partial charge in [0.25, 0.3) is 5.91 Å². The molecular formula is C25H35N5O2. The molecule has 32 heavy (non-hydrogen) atoms. The second-order valence-electron chi connectivity index (χ2n) is 9.54. The molecule has 0 aliphatic carbocycles. The SMILES string of the molecule is O=C(NC1CCc2nnc(C3CCOCC3)n2CC1)c1ccc(CN2CCCCC2)cc1. The third kappa shape index (κ3) is 5.04. The van der Waals surface area contributed by atoms with Crippen molar-refractivity contribution in [3.63, 3.8) is 0 Å². The van der Waals surface area contributed by atoms with Crippen LogP contribution in [0.25, 0.3) is 0 Å². The average Bonchev–Trinajstić information content (AvgIpc) is 3.15. The van der Waals surface area contributed by atoms with E-state index in [1.54, 1.807) is 0 Å². The predicted molar refractivity (Wildman–Crippen MR) is 123 cm³/mol. The minimum atomic E-state index is 0.0295. The number of rotatable bonds is 5. The zero-order valence-electron chi connectivity index (χ0n) is 19.0. The third-order valence-corrected chi connectivity index (χ3v) is 7.27. The van der Waals surface area contributed by atoms with Crippen LogP contribution in [0.3, 0.4) is 0 Å². The van der Waals surface area contributed by atoms with Crippen LogP contribution >= 0.6 is 0 Å². The van der Waals surface area contributed by atoms with Gasteiger partial charge in [-0.05, 0) is 69.3 Å². The topological polar surface area (TPSA) is 72.3 Å². The van der Waals surface area contributed by atoms with E-state index in [2.05, 4.69) is 37.1 Å². The van der Waals surface area contributed by atoms with E-state index in [1.807, 2.05) is 12.1 Å². The Bertz CT molecular complexity index is 898. The lowest BCUT2D eigenvalue weighted by Crippen LogP contribution is -2.35. The van der Waals surface area contributed by atoms with E-state index in [1.165, 1.54) is 37.9 Å². The van der Waals surface area contributed by atoms with E-state index < -0.39 is 0 Å². The van der Waals surface area contributed by atoms with Gasteiger partial charge in [0.2, 0.25) is 0 Å². The van der Waals surface area contributed by atoms with Crippen LogP contribution in [0, 0.1) is 0 Å². The fourth-order valence-electron chi connectivity index (χ4n) is 5.32. The fraction of sp³-hybridized carbons (Fsp3) is 0.640. The summed E-state index contributed by atoms with van der Waals surface area (Å²) in [4.78, 5) is 15.4. The molecule has 0 bridgehead atoms. The van der Waals surface area contributed by atoms with Crippen molar-refractivity contribution in [2.45, 2.75) is 76.4 Å². The number of fused-ring (bicyclic) bond motifs is 1. The maximum atomic E-state index is 12.9. The number of hydrogen-bond donors (Lipinski definition) is 1. The highest BCUT2D eigenvalue weighted by Gasteiger charge is 2.26. The number of ether oxygens (including phenoxy) is 1. The smallest absolute Gasteiger partial charge is 0.251 e. The van der Waals surface area contributed by atoms with Crippen molar-refractivity contribution in [3.8, 4) is 0 Å². The van der Waals surface area contributed by atoms with Gasteiger partial charge in [-0.25, -0.2) is 0 Å². The summed E-state index contributed by atoms with van der Waals surface area (Å²) >= 11 is 0. The lowest BCUT2D eigenvalue weighted by atomic mass is 9.99. The number of nitrogens with one attached hydrogen (secondary N) is 1. The number of piperidine rings is 1. The van der Waals surface area contributed by atoms with Crippen molar-refractivity contribution in [2.24, 2.45) is 0 Å². The lowest BCUT2D eigenvalue weighted by molar-refractivity contribution is 0.0826. The molecule has 3 aliphatic rings. The summed E-state index contributed by atoms with van der Waals surface area (Å²) in [6, 6.07) is 8.34. The highest BCUT2D eigenvalue weighted by molar-refractivity contribution is 5.94. The van der Waals surface area contributed by atoms with E-state index in [9.17, 15) is 4.79 Å². The monoisotopic (exact) mass is 437 g/mol. The summed E-state index contributed by atoms with van der Waals surface area (Å²) in [5, 5.41) is 12.3. The Morgan fingerprint density at radius 2 is 1.75 bits per heavy atom. The molecule has 2 fully saturated rings. The van der Waals surface area contributed by atoms with E-state index in [0.29, 0.717) is 5.92 Å². The molecule has 5 rings (SSSR count). The molecule has 7 heteroatoms. The first-order chi connectivity index (χ1) is 15.8. The fourth-order valence-corrected chi connectivity index (χ4v) is 5.32. The number of aromatic nitrogens is 3. The highest BCUT2D eigenvalue weighted by Crippen LogP contribution is 2.28. The molecule has 172 valence electrons. The predicted octanol–water partition coefficient (Wildman–Crippen LogP) is 3.29. The van der Waals surface area contributed by atoms with Gasteiger partial charge in [0, 0.05) is 50.2 Å². The molecule has 0 radical (unpaired) electrons. The Morgan fingerprint density at radius 3 is 2.53 bits per heavy atom. The van der Waals surface area contributed by atoms with Gasteiger partial charge in [-0.3, -0.25) is 9.69 Å². The van der Waals surface area contributed by atoms with Gasteiger partial charge in [-0.2, -0.15) is 0 Å². The molecule has 7 nitrogen and oxygen atoms in total. The molecule has 2 saturated heterocycles. The summed E-state index contributed by atoms with van der Waals surface area (Å²) in [5.41, 5.74) is 2.04. The number of carbonyl (C=O) groups is 1. The first kappa shape index (κ1) is 21.6. The van der Waals surface area contributed by atoms with Gasteiger partial charge in [-0.15, -0.1) is 10.2 Å². The molecule has 1 aromatic carbocycles. The minimum Gasteiger partial charge on any atom is -0.381 e. The van der Waals surface area contributed by atoms with Gasteiger partial charge >= 0.3 is 0 Å². The molecule has 1 amide bonds. The van der Waals surface area contributed by atoms with Crippen LogP contribution in [0.2, 0.25) is 0 Å². The zero-order valence-corrected chi connectivity index (χ0v) is 19.0. The Hall–Kier alpha value is -2.25. The number of amides is 1. The Labute approximate surface area is 190 Å². The molecular weight excluding hydrogens is 402 g/mol. The number of carbonyl (C=O) groups excluding carboxylic acids is 1. The second kappa shape index (κ2) is 10.1. The second-order valence-corrected chi connectivity index (χ2v) is 9.54. The standard InChI is InChI=1S/C25H35N5O2/c31-25(21-6-4-19(5-7-21)18-29-13-2-1-3-14-29)26-22-8-9-23-27-28-24(30(23)15-10-22)20-11-16-32-17-12-20/h4-7,20,22H,1-3,8-18H2,(H,26,31). The van der Waals surface area contributed by atoms with Crippen molar-refractivity contribution in [1.82, 2.24) is 25.0 Å². The quantitative estimate of drug-likeness (QED) is 0.777. The zero-order chi connectivity index (χ0) is 21.8. The Kier molecular flexibility index (Phi) is 6.83. The van der Waals surface area contributed by atoms with E-state index in [-0.39, 0.29) is 11.9 Å². The Morgan fingerprint density at radius 1 is 0.969 bits per heavy atom. The maximum absolute atomic E-state index is 12.9. The van der Waals surface area contributed by atoms with Crippen molar-refractivity contribution in [1.29, 1.82) is 0 Å². The maximum Gasteiger partial charge on any atom is 0.251 e.